The Morgan fingerprint density at radius 1 is 1.07 bits per heavy atom. The van der Waals surface area contributed by atoms with Crippen molar-refractivity contribution in [3.63, 3.8) is 0 Å². The molecule has 2 unspecified atom stereocenters. The van der Waals surface area contributed by atoms with Crippen molar-refractivity contribution < 1.29 is 0 Å². The molecule has 0 aliphatic heterocycles. The highest BCUT2D eigenvalue weighted by Gasteiger charge is 2.18. The summed E-state index contributed by atoms with van der Waals surface area (Å²) in [6.45, 7) is 7.04. The lowest BCUT2D eigenvalue weighted by Crippen LogP contribution is -2.31. The molecule has 0 saturated heterocycles. The molecule has 0 saturated carbocycles. The lowest BCUT2D eigenvalue weighted by Gasteiger charge is -2.23. The average Bonchev–Trinajstić information content (AvgIpc) is 2.18. The SMILES string of the molecule is CC(C)c1ccccc1C(CN)C(C)N. The minimum atomic E-state index is 0.106. The van der Waals surface area contributed by atoms with Crippen LogP contribution in [0.4, 0.5) is 0 Å². The van der Waals surface area contributed by atoms with Crippen LogP contribution in [0.5, 0.6) is 0 Å². The summed E-state index contributed by atoms with van der Waals surface area (Å²) >= 11 is 0. The van der Waals surface area contributed by atoms with Crippen LogP contribution in [-0.2, 0) is 0 Å². The monoisotopic (exact) mass is 206 g/mol. The van der Waals surface area contributed by atoms with E-state index in [-0.39, 0.29) is 12.0 Å². The van der Waals surface area contributed by atoms with Crippen LogP contribution in [-0.4, -0.2) is 12.6 Å². The summed E-state index contributed by atoms with van der Waals surface area (Å²) in [5.74, 6) is 0.789. The van der Waals surface area contributed by atoms with Crippen LogP contribution in [0, 0.1) is 0 Å². The van der Waals surface area contributed by atoms with E-state index in [4.69, 9.17) is 11.5 Å². The summed E-state index contributed by atoms with van der Waals surface area (Å²) in [5, 5.41) is 0. The minimum absolute atomic E-state index is 0.106. The largest absolute Gasteiger partial charge is 0.330 e. The number of nitrogens with two attached hydrogens (primary N) is 2. The van der Waals surface area contributed by atoms with Crippen molar-refractivity contribution in [3.8, 4) is 0 Å². The van der Waals surface area contributed by atoms with Crippen molar-refractivity contribution in [2.24, 2.45) is 11.5 Å². The molecule has 0 aromatic heterocycles. The van der Waals surface area contributed by atoms with Crippen molar-refractivity contribution in [1.82, 2.24) is 0 Å². The van der Waals surface area contributed by atoms with E-state index in [0.717, 1.165) is 0 Å². The standard InChI is InChI=1S/C13H22N2/c1-9(2)11-6-4-5-7-12(11)13(8-14)10(3)15/h4-7,9-10,13H,8,14-15H2,1-3H3. The van der Waals surface area contributed by atoms with Crippen molar-refractivity contribution >= 4 is 0 Å². The van der Waals surface area contributed by atoms with Crippen LogP contribution >= 0.6 is 0 Å². The van der Waals surface area contributed by atoms with Gasteiger partial charge in [-0.25, -0.2) is 0 Å². The molecule has 0 bridgehead atoms. The molecule has 15 heavy (non-hydrogen) atoms. The average molecular weight is 206 g/mol. The van der Waals surface area contributed by atoms with E-state index in [0.29, 0.717) is 12.5 Å². The van der Waals surface area contributed by atoms with Gasteiger partial charge in [0.2, 0.25) is 0 Å². The molecule has 0 amide bonds. The number of hydrogen-bond acceptors (Lipinski definition) is 2. The first-order valence-electron chi connectivity index (χ1n) is 5.62. The highest BCUT2D eigenvalue weighted by molar-refractivity contribution is 5.33. The first kappa shape index (κ1) is 12.2. The van der Waals surface area contributed by atoms with Gasteiger partial charge in [-0.05, 0) is 24.0 Å². The second-order valence-electron chi connectivity index (χ2n) is 4.48. The molecule has 2 heteroatoms. The van der Waals surface area contributed by atoms with E-state index >= 15 is 0 Å². The first-order valence-corrected chi connectivity index (χ1v) is 5.62. The molecule has 0 aliphatic rings. The van der Waals surface area contributed by atoms with E-state index in [1.165, 1.54) is 11.1 Å². The summed E-state index contributed by atoms with van der Waals surface area (Å²) in [5.41, 5.74) is 14.4. The van der Waals surface area contributed by atoms with E-state index in [9.17, 15) is 0 Å². The van der Waals surface area contributed by atoms with Crippen LogP contribution in [0.3, 0.4) is 0 Å². The Bertz CT molecular complexity index is 305. The molecule has 0 fully saturated rings. The third-order valence-corrected chi connectivity index (χ3v) is 2.91. The molecule has 0 heterocycles. The molecule has 4 N–H and O–H groups in total. The molecule has 1 aromatic carbocycles. The predicted molar refractivity (Wildman–Crippen MR) is 66.0 cm³/mol. The lowest BCUT2D eigenvalue weighted by molar-refractivity contribution is 0.569. The topological polar surface area (TPSA) is 52.0 Å². The van der Waals surface area contributed by atoms with E-state index in [1.807, 2.05) is 6.92 Å². The Hall–Kier alpha value is -0.860. The van der Waals surface area contributed by atoms with Crippen LogP contribution in [0.15, 0.2) is 24.3 Å². The molecule has 0 spiro atoms. The van der Waals surface area contributed by atoms with E-state index in [2.05, 4.69) is 38.1 Å². The van der Waals surface area contributed by atoms with E-state index in [1.54, 1.807) is 0 Å². The fraction of sp³-hybridized carbons (Fsp3) is 0.538. The Balaban J connectivity index is 3.11. The lowest BCUT2D eigenvalue weighted by atomic mass is 9.85. The summed E-state index contributed by atoms with van der Waals surface area (Å²) in [7, 11) is 0. The Labute approximate surface area is 92.7 Å². The summed E-state index contributed by atoms with van der Waals surface area (Å²) in [6, 6.07) is 8.57. The van der Waals surface area contributed by atoms with Crippen LogP contribution in [0.25, 0.3) is 0 Å². The van der Waals surface area contributed by atoms with Crippen molar-refractivity contribution in [2.45, 2.75) is 38.6 Å². The summed E-state index contributed by atoms with van der Waals surface area (Å²) < 4.78 is 0. The predicted octanol–water partition coefficient (Wildman–Crippen LogP) is 2.20. The van der Waals surface area contributed by atoms with Gasteiger partial charge in [0.25, 0.3) is 0 Å². The number of rotatable bonds is 4. The second kappa shape index (κ2) is 5.29. The van der Waals surface area contributed by atoms with Gasteiger partial charge in [-0.1, -0.05) is 38.1 Å². The fourth-order valence-corrected chi connectivity index (χ4v) is 2.00. The normalized spacial score (nSPS) is 15.3. The number of hydrogen-bond donors (Lipinski definition) is 2. The maximum absolute atomic E-state index is 5.97. The van der Waals surface area contributed by atoms with Gasteiger partial charge in [0.05, 0.1) is 0 Å². The molecular formula is C13H22N2. The third kappa shape index (κ3) is 2.80. The zero-order valence-electron chi connectivity index (χ0n) is 9.90. The molecule has 84 valence electrons. The molecule has 1 rings (SSSR count). The Morgan fingerprint density at radius 2 is 1.60 bits per heavy atom. The van der Waals surface area contributed by atoms with Crippen molar-refractivity contribution in [2.75, 3.05) is 6.54 Å². The molecular weight excluding hydrogens is 184 g/mol. The van der Waals surface area contributed by atoms with Gasteiger partial charge in [0, 0.05) is 18.5 Å². The van der Waals surface area contributed by atoms with Gasteiger partial charge in [0.1, 0.15) is 0 Å². The van der Waals surface area contributed by atoms with Crippen LogP contribution in [0.2, 0.25) is 0 Å². The fourth-order valence-electron chi connectivity index (χ4n) is 2.00. The van der Waals surface area contributed by atoms with Crippen molar-refractivity contribution in [1.29, 1.82) is 0 Å². The second-order valence-corrected chi connectivity index (χ2v) is 4.48. The molecule has 2 atom stereocenters. The molecule has 0 aliphatic carbocycles. The molecule has 1 aromatic rings. The smallest absolute Gasteiger partial charge is 0.0113 e. The maximum atomic E-state index is 5.97. The molecule has 0 radical (unpaired) electrons. The summed E-state index contributed by atoms with van der Waals surface area (Å²) in [6.07, 6.45) is 0. The minimum Gasteiger partial charge on any atom is -0.330 e. The third-order valence-electron chi connectivity index (χ3n) is 2.91. The Kier molecular flexibility index (Phi) is 4.30. The first-order chi connectivity index (χ1) is 7.07. The highest BCUT2D eigenvalue weighted by atomic mass is 14.7. The van der Waals surface area contributed by atoms with Gasteiger partial charge >= 0.3 is 0 Å². The van der Waals surface area contributed by atoms with Crippen molar-refractivity contribution in [3.05, 3.63) is 35.4 Å². The van der Waals surface area contributed by atoms with Crippen LogP contribution in [0.1, 0.15) is 43.7 Å². The van der Waals surface area contributed by atoms with Gasteiger partial charge < -0.3 is 11.5 Å². The maximum Gasteiger partial charge on any atom is 0.0113 e. The van der Waals surface area contributed by atoms with E-state index < -0.39 is 0 Å². The van der Waals surface area contributed by atoms with Crippen LogP contribution < -0.4 is 11.5 Å². The highest BCUT2D eigenvalue weighted by Crippen LogP contribution is 2.27. The zero-order valence-corrected chi connectivity index (χ0v) is 9.90. The van der Waals surface area contributed by atoms with Gasteiger partial charge in [-0.3, -0.25) is 0 Å². The quantitative estimate of drug-likeness (QED) is 0.793. The summed E-state index contributed by atoms with van der Waals surface area (Å²) in [4.78, 5) is 0. The Morgan fingerprint density at radius 3 is 2.00 bits per heavy atom. The van der Waals surface area contributed by atoms with Gasteiger partial charge in [-0.15, -0.1) is 0 Å². The number of benzene rings is 1. The zero-order chi connectivity index (χ0) is 11.4. The van der Waals surface area contributed by atoms with Gasteiger partial charge in [0.15, 0.2) is 0 Å². The molecule has 2 nitrogen and oxygen atoms in total. The van der Waals surface area contributed by atoms with Gasteiger partial charge in [-0.2, -0.15) is 0 Å².